The number of carbonyl (C=O) groups excluding carboxylic acids is 1. The zero-order valence-electron chi connectivity index (χ0n) is 13.3. The van der Waals surface area contributed by atoms with Crippen molar-refractivity contribution in [3.8, 4) is 0 Å². The van der Waals surface area contributed by atoms with E-state index in [0.717, 1.165) is 26.2 Å². The van der Waals surface area contributed by atoms with Gasteiger partial charge in [-0.1, -0.05) is 13.8 Å². The number of carbonyl (C=O) groups is 1. The summed E-state index contributed by atoms with van der Waals surface area (Å²) in [5.41, 5.74) is 0. The Balaban J connectivity index is 2.17. The van der Waals surface area contributed by atoms with E-state index in [1.54, 1.807) is 7.11 Å². The highest BCUT2D eigenvalue weighted by atomic mass is 16.5. The smallest absolute Gasteiger partial charge is 0.234 e. The molecule has 1 aliphatic rings. The van der Waals surface area contributed by atoms with Gasteiger partial charge in [-0.3, -0.25) is 9.69 Å². The molecule has 0 spiro atoms. The fourth-order valence-corrected chi connectivity index (χ4v) is 2.59. The van der Waals surface area contributed by atoms with Crippen LogP contribution in [-0.4, -0.2) is 63.8 Å². The number of methoxy groups -OCH3 is 1. The highest BCUT2D eigenvalue weighted by molar-refractivity contribution is 5.77. The van der Waals surface area contributed by atoms with Gasteiger partial charge in [-0.15, -0.1) is 0 Å². The monoisotopic (exact) mass is 285 g/mol. The van der Waals surface area contributed by atoms with Crippen LogP contribution >= 0.6 is 0 Å². The van der Waals surface area contributed by atoms with Gasteiger partial charge in [0.1, 0.15) is 0 Å². The van der Waals surface area contributed by atoms with E-state index >= 15 is 0 Å². The van der Waals surface area contributed by atoms with Crippen LogP contribution in [0.3, 0.4) is 0 Å². The number of piperidine rings is 1. The number of nitrogens with one attached hydrogen (secondary N) is 2. The first-order chi connectivity index (χ1) is 9.61. The third kappa shape index (κ3) is 7.82. The van der Waals surface area contributed by atoms with Crippen LogP contribution in [0, 0.1) is 11.8 Å². The molecule has 1 atom stereocenters. The Bertz CT molecular complexity index is 272. The van der Waals surface area contributed by atoms with Crippen LogP contribution in [0.5, 0.6) is 0 Å². The molecular formula is C15H31N3O2. The van der Waals surface area contributed by atoms with Gasteiger partial charge in [-0.05, 0) is 44.3 Å². The normalized spacial score (nSPS) is 20.3. The molecule has 2 N–H and O–H groups in total. The fourth-order valence-electron chi connectivity index (χ4n) is 2.59. The third-order valence-corrected chi connectivity index (χ3v) is 3.58. The van der Waals surface area contributed by atoms with Gasteiger partial charge in [0.25, 0.3) is 0 Å². The Labute approximate surface area is 123 Å². The SMILES string of the molecule is COCCNC(=O)CN1CCCC(CNCC(C)C)C1. The Kier molecular flexibility index (Phi) is 8.82. The number of nitrogens with zero attached hydrogens (tertiary/aromatic N) is 1. The number of ether oxygens (including phenoxy) is 1. The summed E-state index contributed by atoms with van der Waals surface area (Å²) in [5.74, 6) is 1.48. The van der Waals surface area contributed by atoms with Crippen molar-refractivity contribution < 1.29 is 9.53 Å². The van der Waals surface area contributed by atoms with Crippen molar-refractivity contribution in [3.63, 3.8) is 0 Å². The van der Waals surface area contributed by atoms with Gasteiger partial charge in [0.05, 0.1) is 13.2 Å². The first-order valence-corrected chi connectivity index (χ1v) is 7.80. The second-order valence-corrected chi connectivity index (χ2v) is 6.14. The summed E-state index contributed by atoms with van der Waals surface area (Å²) < 4.78 is 4.93. The molecule has 0 bridgehead atoms. The van der Waals surface area contributed by atoms with Crippen molar-refractivity contribution in [3.05, 3.63) is 0 Å². The summed E-state index contributed by atoms with van der Waals surface area (Å²) in [4.78, 5) is 14.0. The van der Waals surface area contributed by atoms with Crippen molar-refractivity contribution >= 4 is 5.91 Å². The van der Waals surface area contributed by atoms with E-state index in [0.29, 0.717) is 31.5 Å². The first-order valence-electron chi connectivity index (χ1n) is 7.80. The van der Waals surface area contributed by atoms with Crippen molar-refractivity contribution in [2.45, 2.75) is 26.7 Å². The summed E-state index contributed by atoms with van der Waals surface area (Å²) in [7, 11) is 1.64. The van der Waals surface area contributed by atoms with Crippen LogP contribution in [0.4, 0.5) is 0 Å². The lowest BCUT2D eigenvalue weighted by molar-refractivity contribution is -0.122. The molecule has 0 aliphatic carbocycles. The molecule has 5 heteroatoms. The van der Waals surface area contributed by atoms with Gasteiger partial charge in [0.2, 0.25) is 5.91 Å². The molecule has 118 valence electrons. The molecule has 1 aliphatic heterocycles. The largest absolute Gasteiger partial charge is 0.383 e. The lowest BCUT2D eigenvalue weighted by Crippen LogP contribution is -2.45. The van der Waals surface area contributed by atoms with Gasteiger partial charge in [0, 0.05) is 20.2 Å². The molecule has 0 aromatic rings. The first kappa shape index (κ1) is 17.4. The van der Waals surface area contributed by atoms with E-state index < -0.39 is 0 Å². The van der Waals surface area contributed by atoms with Gasteiger partial charge in [-0.2, -0.15) is 0 Å². The molecule has 0 radical (unpaired) electrons. The van der Waals surface area contributed by atoms with Gasteiger partial charge in [-0.25, -0.2) is 0 Å². The third-order valence-electron chi connectivity index (χ3n) is 3.58. The second kappa shape index (κ2) is 10.1. The molecule has 0 aromatic heterocycles. The quantitative estimate of drug-likeness (QED) is 0.613. The second-order valence-electron chi connectivity index (χ2n) is 6.14. The van der Waals surface area contributed by atoms with E-state index in [9.17, 15) is 4.79 Å². The Morgan fingerprint density at radius 1 is 1.45 bits per heavy atom. The molecule has 1 saturated heterocycles. The topological polar surface area (TPSA) is 53.6 Å². The van der Waals surface area contributed by atoms with Gasteiger partial charge >= 0.3 is 0 Å². The van der Waals surface area contributed by atoms with E-state index in [4.69, 9.17) is 4.74 Å². The predicted molar refractivity (Wildman–Crippen MR) is 81.8 cm³/mol. The number of hydrogen-bond acceptors (Lipinski definition) is 4. The van der Waals surface area contributed by atoms with Crippen molar-refractivity contribution in [2.75, 3.05) is 53.0 Å². The molecule has 20 heavy (non-hydrogen) atoms. The van der Waals surface area contributed by atoms with Crippen LogP contribution in [0.25, 0.3) is 0 Å². The van der Waals surface area contributed by atoms with E-state index in [1.807, 2.05) is 0 Å². The van der Waals surface area contributed by atoms with Crippen molar-refractivity contribution in [1.29, 1.82) is 0 Å². The maximum atomic E-state index is 11.8. The Morgan fingerprint density at radius 2 is 2.25 bits per heavy atom. The number of rotatable bonds is 9. The minimum atomic E-state index is 0.109. The number of likely N-dealkylation sites (tertiary alicyclic amines) is 1. The molecule has 0 aromatic carbocycles. The van der Waals surface area contributed by atoms with Gasteiger partial charge < -0.3 is 15.4 Å². The summed E-state index contributed by atoms with van der Waals surface area (Å²) in [6.07, 6.45) is 2.46. The number of hydrogen-bond donors (Lipinski definition) is 2. The van der Waals surface area contributed by atoms with Crippen LogP contribution in [0.1, 0.15) is 26.7 Å². The van der Waals surface area contributed by atoms with E-state index in [2.05, 4.69) is 29.4 Å². The van der Waals surface area contributed by atoms with Gasteiger partial charge in [0.15, 0.2) is 0 Å². The summed E-state index contributed by atoms with van der Waals surface area (Å²) in [6.45, 7) is 10.4. The van der Waals surface area contributed by atoms with Crippen molar-refractivity contribution in [1.82, 2.24) is 15.5 Å². The highest BCUT2D eigenvalue weighted by Crippen LogP contribution is 2.15. The summed E-state index contributed by atoms with van der Waals surface area (Å²) >= 11 is 0. The highest BCUT2D eigenvalue weighted by Gasteiger charge is 2.21. The maximum Gasteiger partial charge on any atom is 0.234 e. The maximum absolute atomic E-state index is 11.8. The molecule has 1 fully saturated rings. The molecule has 0 saturated carbocycles. The fraction of sp³-hybridized carbons (Fsp3) is 0.933. The van der Waals surface area contributed by atoms with Crippen LogP contribution in [0.15, 0.2) is 0 Å². The van der Waals surface area contributed by atoms with Crippen LogP contribution in [-0.2, 0) is 9.53 Å². The predicted octanol–water partition coefficient (Wildman–Crippen LogP) is 0.707. The number of amides is 1. The Morgan fingerprint density at radius 3 is 2.95 bits per heavy atom. The standard InChI is InChI=1S/C15H31N3O2/c1-13(2)9-16-10-14-5-4-7-18(11-14)12-15(19)17-6-8-20-3/h13-14,16H,4-12H2,1-3H3,(H,17,19). The summed E-state index contributed by atoms with van der Waals surface area (Å²) in [5, 5.41) is 6.41. The zero-order chi connectivity index (χ0) is 14.8. The van der Waals surface area contributed by atoms with E-state index in [-0.39, 0.29) is 5.91 Å². The Hall–Kier alpha value is -0.650. The average molecular weight is 285 g/mol. The molecule has 1 rings (SSSR count). The molecule has 1 heterocycles. The zero-order valence-corrected chi connectivity index (χ0v) is 13.3. The molecule has 1 unspecified atom stereocenters. The minimum Gasteiger partial charge on any atom is -0.383 e. The van der Waals surface area contributed by atoms with Crippen molar-refractivity contribution in [2.24, 2.45) is 11.8 Å². The molecular weight excluding hydrogens is 254 g/mol. The molecule has 1 amide bonds. The summed E-state index contributed by atoms with van der Waals surface area (Å²) in [6, 6.07) is 0. The minimum absolute atomic E-state index is 0.109. The van der Waals surface area contributed by atoms with E-state index in [1.165, 1.54) is 12.8 Å². The lowest BCUT2D eigenvalue weighted by atomic mass is 9.98. The van der Waals surface area contributed by atoms with Crippen LogP contribution < -0.4 is 10.6 Å². The lowest BCUT2D eigenvalue weighted by Gasteiger charge is -2.32. The average Bonchev–Trinajstić information content (AvgIpc) is 2.39. The molecule has 5 nitrogen and oxygen atoms in total. The van der Waals surface area contributed by atoms with Crippen LogP contribution in [0.2, 0.25) is 0 Å².